The van der Waals surface area contributed by atoms with Gasteiger partial charge in [0.2, 0.25) is 0 Å². The minimum Gasteiger partial charge on any atom is -0.415 e. The number of hydrogen-bond donors (Lipinski definition) is 0. The molecule has 0 saturated heterocycles. The first-order valence-electron chi connectivity index (χ1n) is 8.68. The van der Waals surface area contributed by atoms with Gasteiger partial charge in [0.1, 0.15) is 0 Å². The summed E-state index contributed by atoms with van der Waals surface area (Å²) in [6, 6.07) is 16.6. The topological polar surface area (TPSA) is 29.5 Å². The lowest BCUT2D eigenvalue weighted by atomic mass is 10.0. The van der Waals surface area contributed by atoms with E-state index < -0.39 is 26.4 Å². The van der Waals surface area contributed by atoms with Crippen molar-refractivity contribution in [2.24, 2.45) is 0 Å². The molecule has 3 nitrogen and oxygen atoms in total. The van der Waals surface area contributed by atoms with Gasteiger partial charge in [-0.2, -0.15) is 13.2 Å². The second-order valence-corrected chi connectivity index (χ2v) is 11.8. The van der Waals surface area contributed by atoms with E-state index in [2.05, 4.69) is 0 Å². The molecule has 0 N–H and O–H groups in total. The van der Waals surface area contributed by atoms with Gasteiger partial charge in [-0.15, -0.1) is 0 Å². The van der Waals surface area contributed by atoms with Crippen LogP contribution in [-0.2, 0) is 15.8 Å². The predicted octanol–water partition coefficient (Wildman–Crippen LogP) is 5.17. The van der Waals surface area contributed by atoms with Crippen molar-refractivity contribution < 1.29 is 22.4 Å². The van der Waals surface area contributed by atoms with Gasteiger partial charge in [-0.1, -0.05) is 60.7 Å². The Bertz CT molecular complexity index is 730. The minimum atomic E-state index is -4.96. The highest BCUT2D eigenvalue weighted by Gasteiger charge is 2.45. The van der Waals surface area contributed by atoms with Crippen molar-refractivity contribution in [3.05, 3.63) is 71.8 Å². The van der Waals surface area contributed by atoms with Crippen molar-refractivity contribution in [2.45, 2.75) is 38.4 Å². The van der Waals surface area contributed by atoms with Gasteiger partial charge in [-0.3, -0.25) is 4.79 Å². The van der Waals surface area contributed by atoms with Crippen molar-refractivity contribution >= 4 is 14.2 Å². The SMILES string of the molecule is C[Si](C)(C)OC[C@@H](c1ccccc1)N(Cc1ccccc1)C(=O)C(F)(F)F. The molecule has 0 aliphatic rings. The zero-order valence-corrected chi connectivity index (χ0v) is 16.7. The first-order valence-corrected chi connectivity index (χ1v) is 12.1. The highest BCUT2D eigenvalue weighted by atomic mass is 28.4. The first-order chi connectivity index (χ1) is 12.6. The van der Waals surface area contributed by atoms with Crippen LogP contribution < -0.4 is 0 Å². The molecule has 0 aromatic heterocycles. The Labute approximate surface area is 158 Å². The third kappa shape index (κ3) is 6.52. The lowest BCUT2D eigenvalue weighted by Crippen LogP contribution is -2.45. The fraction of sp³-hybridized carbons (Fsp3) is 0.350. The molecule has 0 fully saturated rings. The van der Waals surface area contributed by atoms with E-state index in [0.717, 1.165) is 4.90 Å². The van der Waals surface area contributed by atoms with Crippen molar-refractivity contribution in [1.29, 1.82) is 0 Å². The van der Waals surface area contributed by atoms with Crippen molar-refractivity contribution in [2.75, 3.05) is 6.61 Å². The molecule has 2 aromatic rings. The largest absolute Gasteiger partial charge is 0.471 e. The van der Waals surface area contributed by atoms with E-state index in [1.807, 2.05) is 19.6 Å². The van der Waals surface area contributed by atoms with Gasteiger partial charge in [0, 0.05) is 6.54 Å². The highest BCUT2D eigenvalue weighted by Crippen LogP contribution is 2.30. The summed E-state index contributed by atoms with van der Waals surface area (Å²) in [5.74, 6) is -1.86. The fourth-order valence-corrected chi connectivity index (χ4v) is 3.29. The van der Waals surface area contributed by atoms with Crippen LogP contribution in [0.25, 0.3) is 0 Å². The van der Waals surface area contributed by atoms with Crippen LogP contribution in [0, 0.1) is 0 Å². The molecule has 0 unspecified atom stereocenters. The van der Waals surface area contributed by atoms with Crippen molar-refractivity contribution in [3.8, 4) is 0 Å². The van der Waals surface area contributed by atoms with E-state index in [0.29, 0.717) is 11.1 Å². The monoisotopic (exact) mass is 395 g/mol. The molecule has 0 heterocycles. The van der Waals surface area contributed by atoms with Gasteiger partial charge in [0.25, 0.3) is 0 Å². The van der Waals surface area contributed by atoms with Crippen LogP contribution in [0.15, 0.2) is 60.7 Å². The smallest absolute Gasteiger partial charge is 0.415 e. The predicted molar refractivity (Wildman–Crippen MR) is 102 cm³/mol. The van der Waals surface area contributed by atoms with E-state index in [-0.39, 0.29) is 13.2 Å². The van der Waals surface area contributed by atoms with Gasteiger partial charge in [-0.25, -0.2) is 0 Å². The molecule has 0 aliphatic carbocycles. The number of amides is 1. The van der Waals surface area contributed by atoms with Crippen molar-refractivity contribution in [3.63, 3.8) is 0 Å². The molecule has 0 bridgehead atoms. The van der Waals surface area contributed by atoms with E-state index in [1.54, 1.807) is 60.7 Å². The summed E-state index contributed by atoms with van der Waals surface area (Å²) in [6.45, 7) is 5.76. The van der Waals surface area contributed by atoms with Gasteiger partial charge in [0.05, 0.1) is 12.6 Å². The van der Waals surface area contributed by atoms with Crippen LogP contribution in [0.2, 0.25) is 19.6 Å². The molecule has 2 aromatic carbocycles. The minimum absolute atomic E-state index is 0.0222. The van der Waals surface area contributed by atoms with Gasteiger partial charge < -0.3 is 9.33 Å². The highest BCUT2D eigenvalue weighted by molar-refractivity contribution is 6.69. The third-order valence-electron chi connectivity index (χ3n) is 3.93. The number of alkyl halides is 3. The maximum Gasteiger partial charge on any atom is 0.471 e. The van der Waals surface area contributed by atoms with E-state index in [1.165, 1.54) is 0 Å². The van der Waals surface area contributed by atoms with Crippen molar-refractivity contribution in [1.82, 2.24) is 4.90 Å². The van der Waals surface area contributed by atoms with E-state index in [4.69, 9.17) is 4.43 Å². The number of benzene rings is 2. The van der Waals surface area contributed by atoms with Gasteiger partial charge in [0.15, 0.2) is 8.32 Å². The van der Waals surface area contributed by atoms with Crippen LogP contribution in [0.4, 0.5) is 13.2 Å². The maximum absolute atomic E-state index is 13.3. The Balaban J connectivity index is 2.42. The summed E-state index contributed by atoms with van der Waals surface area (Å²) in [7, 11) is -1.99. The van der Waals surface area contributed by atoms with Crippen LogP contribution in [-0.4, -0.2) is 31.9 Å². The number of carbonyl (C=O) groups is 1. The molecule has 0 radical (unpaired) electrons. The molecule has 1 amide bonds. The Hall–Kier alpha value is -2.12. The molecular weight excluding hydrogens is 371 g/mol. The Morgan fingerprint density at radius 1 is 1.00 bits per heavy atom. The lowest BCUT2D eigenvalue weighted by molar-refractivity contribution is -0.189. The van der Waals surface area contributed by atoms with E-state index >= 15 is 0 Å². The Kier molecular flexibility index (Phi) is 6.83. The number of carbonyl (C=O) groups excluding carboxylic acids is 1. The summed E-state index contributed by atoms with van der Waals surface area (Å²) in [4.78, 5) is 13.1. The summed E-state index contributed by atoms with van der Waals surface area (Å²) in [5.41, 5.74) is 1.24. The zero-order valence-electron chi connectivity index (χ0n) is 15.7. The average molecular weight is 395 g/mol. The van der Waals surface area contributed by atoms with Crippen LogP contribution >= 0.6 is 0 Å². The normalized spacial score (nSPS) is 13.3. The third-order valence-corrected chi connectivity index (χ3v) is 4.97. The van der Waals surface area contributed by atoms with E-state index in [9.17, 15) is 18.0 Å². The number of rotatable bonds is 7. The van der Waals surface area contributed by atoms with Crippen LogP contribution in [0.1, 0.15) is 17.2 Å². The molecule has 1 atom stereocenters. The van der Waals surface area contributed by atoms with Crippen LogP contribution in [0.5, 0.6) is 0 Å². The molecule has 146 valence electrons. The summed E-state index contributed by atoms with van der Waals surface area (Å²) >= 11 is 0. The number of halogens is 3. The number of hydrogen-bond acceptors (Lipinski definition) is 2. The molecule has 0 spiro atoms. The maximum atomic E-state index is 13.3. The first kappa shape index (κ1) is 21.2. The second kappa shape index (κ2) is 8.71. The number of nitrogens with zero attached hydrogens (tertiary/aromatic N) is 1. The molecule has 0 saturated carbocycles. The lowest BCUT2D eigenvalue weighted by Gasteiger charge is -2.34. The summed E-state index contributed by atoms with van der Waals surface area (Å²) in [5, 5.41) is 0. The van der Waals surface area contributed by atoms with Crippen LogP contribution in [0.3, 0.4) is 0 Å². The standard InChI is InChI=1S/C20H24F3NO2Si/c1-27(2,3)26-15-18(17-12-8-5-9-13-17)24(19(25)20(21,22)23)14-16-10-6-4-7-11-16/h4-13,18H,14-15H2,1-3H3/t18-/m0/s1. The average Bonchev–Trinajstić information content (AvgIpc) is 2.60. The molecule has 27 heavy (non-hydrogen) atoms. The quantitative estimate of drug-likeness (QED) is 0.605. The zero-order chi connectivity index (χ0) is 20.1. The Morgan fingerprint density at radius 2 is 1.52 bits per heavy atom. The molecular formula is C20H24F3NO2Si. The second-order valence-electron chi connectivity index (χ2n) is 7.27. The van der Waals surface area contributed by atoms with Gasteiger partial charge in [-0.05, 0) is 30.8 Å². The molecule has 2 rings (SSSR count). The molecule has 7 heteroatoms. The van der Waals surface area contributed by atoms with Gasteiger partial charge >= 0.3 is 12.1 Å². The Morgan fingerprint density at radius 3 is 2.00 bits per heavy atom. The fourth-order valence-electron chi connectivity index (χ4n) is 2.64. The summed E-state index contributed by atoms with van der Waals surface area (Å²) < 4.78 is 45.9. The summed E-state index contributed by atoms with van der Waals surface area (Å²) in [6.07, 6.45) is -4.96. The molecule has 0 aliphatic heterocycles.